The smallest absolute Gasteiger partial charge is 0.333 e. The van der Waals surface area contributed by atoms with Gasteiger partial charge in [0.05, 0.1) is 0 Å². The molecule has 1 saturated heterocycles. The van der Waals surface area contributed by atoms with Crippen LogP contribution in [0.4, 0.5) is 0 Å². The second kappa shape index (κ2) is 5.66. The van der Waals surface area contributed by atoms with Gasteiger partial charge in [0, 0.05) is 29.0 Å². The molecule has 110 valence electrons. The van der Waals surface area contributed by atoms with Gasteiger partial charge in [0.25, 0.3) is 0 Å². The van der Waals surface area contributed by atoms with Crippen LogP contribution in [0.1, 0.15) is 60.8 Å². The van der Waals surface area contributed by atoms with Gasteiger partial charge in [0.1, 0.15) is 6.10 Å². The van der Waals surface area contributed by atoms with Crippen LogP contribution in [-0.4, -0.2) is 23.2 Å². The third-order valence-corrected chi connectivity index (χ3v) is 4.92. The molecule has 4 atom stereocenters. The fourth-order valence-electron chi connectivity index (χ4n) is 2.91. The standard InChI is InChI=1S/C16H29NO2/c1-8-15(6)10-13(19-14(18)11(3)4)12(5)16(7,9-2)17-15/h12-13,17H,3,8-10H2,1-2,4-7H3. The van der Waals surface area contributed by atoms with Gasteiger partial charge in [-0.15, -0.1) is 0 Å². The number of piperidine rings is 1. The molecule has 3 nitrogen and oxygen atoms in total. The minimum absolute atomic E-state index is 0.00301. The van der Waals surface area contributed by atoms with Gasteiger partial charge in [0.15, 0.2) is 0 Å². The van der Waals surface area contributed by atoms with Crippen molar-refractivity contribution in [3.63, 3.8) is 0 Å². The lowest BCUT2D eigenvalue weighted by Crippen LogP contribution is -2.66. The number of carbonyl (C=O) groups excluding carboxylic acids is 1. The molecule has 0 aromatic carbocycles. The first-order valence-corrected chi connectivity index (χ1v) is 7.33. The Bertz CT molecular complexity index is 366. The van der Waals surface area contributed by atoms with Crippen molar-refractivity contribution in [1.29, 1.82) is 0 Å². The first-order chi connectivity index (χ1) is 8.67. The summed E-state index contributed by atoms with van der Waals surface area (Å²) < 4.78 is 5.68. The average Bonchev–Trinajstić information content (AvgIpc) is 2.35. The zero-order valence-electron chi connectivity index (χ0n) is 13.3. The minimum atomic E-state index is -0.268. The van der Waals surface area contributed by atoms with Crippen molar-refractivity contribution in [2.75, 3.05) is 0 Å². The summed E-state index contributed by atoms with van der Waals surface area (Å²) in [5.74, 6) is 0.0241. The predicted octanol–water partition coefficient (Wildman–Crippen LogP) is 3.44. The van der Waals surface area contributed by atoms with E-state index in [0.29, 0.717) is 11.5 Å². The Morgan fingerprint density at radius 3 is 2.37 bits per heavy atom. The topological polar surface area (TPSA) is 38.3 Å². The van der Waals surface area contributed by atoms with E-state index in [1.807, 2.05) is 0 Å². The molecule has 0 spiro atoms. The maximum atomic E-state index is 11.8. The molecule has 0 bridgehead atoms. The Labute approximate surface area is 117 Å². The van der Waals surface area contributed by atoms with Crippen molar-refractivity contribution in [2.45, 2.75) is 78.0 Å². The monoisotopic (exact) mass is 267 g/mol. The van der Waals surface area contributed by atoms with E-state index in [9.17, 15) is 4.79 Å². The summed E-state index contributed by atoms with van der Waals surface area (Å²) in [7, 11) is 0. The van der Waals surface area contributed by atoms with E-state index in [2.05, 4.69) is 46.5 Å². The zero-order chi connectivity index (χ0) is 14.8. The van der Waals surface area contributed by atoms with Gasteiger partial charge in [0.2, 0.25) is 0 Å². The van der Waals surface area contributed by atoms with Gasteiger partial charge in [-0.1, -0.05) is 27.4 Å². The number of ether oxygens (including phenoxy) is 1. The Morgan fingerprint density at radius 1 is 1.37 bits per heavy atom. The summed E-state index contributed by atoms with van der Waals surface area (Å²) in [6.45, 7) is 16.3. The lowest BCUT2D eigenvalue weighted by atomic mass is 9.70. The summed E-state index contributed by atoms with van der Waals surface area (Å²) in [6, 6.07) is 0. The van der Waals surface area contributed by atoms with Crippen LogP contribution in [0, 0.1) is 5.92 Å². The van der Waals surface area contributed by atoms with Crippen molar-refractivity contribution in [3.8, 4) is 0 Å². The summed E-state index contributed by atoms with van der Waals surface area (Å²) in [4.78, 5) is 11.8. The molecule has 1 N–H and O–H groups in total. The van der Waals surface area contributed by atoms with E-state index >= 15 is 0 Å². The maximum absolute atomic E-state index is 11.8. The lowest BCUT2D eigenvalue weighted by molar-refractivity contribution is -0.154. The molecule has 1 heterocycles. The quantitative estimate of drug-likeness (QED) is 0.626. The molecule has 0 radical (unpaired) electrons. The fourth-order valence-corrected chi connectivity index (χ4v) is 2.91. The Hall–Kier alpha value is -0.830. The second-order valence-electron chi connectivity index (χ2n) is 6.53. The van der Waals surface area contributed by atoms with Crippen LogP contribution in [0.2, 0.25) is 0 Å². The number of hydrogen-bond acceptors (Lipinski definition) is 3. The van der Waals surface area contributed by atoms with Crippen LogP contribution in [0.5, 0.6) is 0 Å². The van der Waals surface area contributed by atoms with Crippen molar-refractivity contribution in [1.82, 2.24) is 5.32 Å². The molecular formula is C16H29NO2. The molecule has 1 aliphatic rings. The highest BCUT2D eigenvalue weighted by atomic mass is 16.5. The Balaban J connectivity index is 2.96. The largest absolute Gasteiger partial charge is 0.459 e. The van der Waals surface area contributed by atoms with Gasteiger partial charge >= 0.3 is 5.97 Å². The van der Waals surface area contributed by atoms with E-state index in [4.69, 9.17) is 4.74 Å². The molecule has 4 unspecified atom stereocenters. The molecule has 1 rings (SSSR count). The summed E-state index contributed by atoms with van der Waals surface area (Å²) in [5, 5.41) is 3.77. The van der Waals surface area contributed by atoms with E-state index in [1.165, 1.54) is 0 Å². The summed E-state index contributed by atoms with van der Waals surface area (Å²) in [6.07, 6.45) is 2.86. The molecular weight excluding hydrogens is 238 g/mol. The minimum Gasteiger partial charge on any atom is -0.459 e. The first-order valence-electron chi connectivity index (χ1n) is 7.33. The van der Waals surface area contributed by atoms with Crippen LogP contribution >= 0.6 is 0 Å². The third kappa shape index (κ3) is 3.38. The first kappa shape index (κ1) is 16.2. The van der Waals surface area contributed by atoms with E-state index in [-0.39, 0.29) is 23.2 Å². The van der Waals surface area contributed by atoms with Gasteiger partial charge in [-0.2, -0.15) is 0 Å². The number of rotatable bonds is 4. The number of nitrogens with one attached hydrogen (secondary N) is 1. The normalized spacial score (nSPS) is 38.8. The van der Waals surface area contributed by atoms with Gasteiger partial charge < -0.3 is 10.1 Å². The molecule has 0 aromatic heterocycles. The van der Waals surface area contributed by atoms with E-state index < -0.39 is 0 Å². The maximum Gasteiger partial charge on any atom is 0.333 e. The van der Waals surface area contributed by atoms with Crippen molar-refractivity contribution >= 4 is 5.97 Å². The molecule has 0 amide bonds. The summed E-state index contributed by atoms with van der Waals surface area (Å²) in [5.41, 5.74) is 0.502. The molecule has 0 aromatic rings. The van der Waals surface area contributed by atoms with Gasteiger partial charge in [-0.05, 0) is 33.6 Å². The highest BCUT2D eigenvalue weighted by Gasteiger charge is 2.47. The number of esters is 1. The van der Waals surface area contributed by atoms with Gasteiger partial charge in [-0.25, -0.2) is 4.79 Å². The van der Waals surface area contributed by atoms with Crippen LogP contribution < -0.4 is 5.32 Å². The lowest BCUT2D eigenvalue weighted by Gasteiger charge is -2.52. The molecule has 19 heavy (non-hydrogen) atoms. The molecule has 1 fully saturated rings. The Morgan fingerprint density at radius 2 is 1.95 bits per heavy atom. The second-order valence-corrected chi connectivity index (χ2v) is 6.53. The van der Waals surface area contributed by atoms with Gasteiger partial charge in [-0.3, -0.25) is 0 Å². The average molecular weight is 267 g/mol. The van der Waals surface area contributed by atoms with Crippen LogP contribution in [0.15, 0.2) is 12.2 Å². The molecule has 1 aliphatic heterocycles. The van der Waals surface area contributed by atoms with Crippen molar-refractivity contribution in [3.05, 3.63) is 12.2 Å². The molecule has 3 heteroatoms. The fraction of sp³-hybridized carbons (Fsp3) is 0.812. The number of carbonyl (C=O) groups is 1. The van der Waals surface area contributed by atoms with E-state index in [0.717, 1.165) is 19.3 Å². The predicted molar refractivity (Wildman–Crippen MR) is 79.0 cm³/mol. The third-order valence-electron chi connectivity index (χ3n) is 4.92. The summed E-state index contributed by atoms with van der Waals surface area (Å²) >= 11 is 0. The van der Waals surface area contributed by atoms with Crippen molar-refractivity contribution < 1.29 is 9.53 Å². The SMILES string of the molecule is C=C(C)C(=O)OC1CC(C)(CC)NC(C)(CC)C1C. The molecule has 0 saturated carbocycles. The van der Waals surface area contributed by atoms with E-state index in [1.54, 1.807) is 6.92 Å². The van der Waals surface area contributed by atoms with Crippen LogP contribution in [0.25, 0.3) is 0 Å². The molecule has 0 aliphatic carbocycles. The van der Waals surface area contributed by atoms with Crippen LogP contribution in [-0.2, 0) is 9.53 Å². The number of hydrogen-bond donors (Lipinski definition) is 1. The highest BCUT2D eigenvalue weighted by Crippen LogP contribution is 2.38. The van der Waals surface area contributed by atoms with Crippen LogP contribution in [0.3, 0.4) is 0 Å². The zero-order valence-corrected chi connectivity index (χ0v) is 13.3. The Kier molecular flexibility index (Phi) is 4.83. The highest BCUT2D eigenvalue weighted by molar-refractivity contribution is 5.87. The van der Waals surface area contributed by atoms with Crippen molar-refractivity contribution in [2.24, 2.45) is 5.92 Å².